The molecule has 0 aliphatic heterocycles. The molecule has 2 aromatic rings. The first-order valence-corrected chi connectivity index (χ1v) is 7.68. The fourth-order valence-electron chi connectivity index (χ4n) is 3.29. The molecule has 3 rings (SSSR count). The Kier molecular flexibility index (Phi) is 4.11. The third kappa shape index (κ3) is 2.83. The van der Waals surface area contributed by atoms with E-state index in [1.54, 1.807) is 12.1 Å². The van der Waals surface area contributed by atoms with Gasteiger partial charge in [-0.1, -0.05) is 18.9 Å². The molecule has 0 spiro atoms. The molecule has 1 aromatic carbocycles. The maximum atomic E-state index is 13.7. The fourth-order valence-corrected chi connectivity index (χ4v) is 3.29. The number of likely N-dealkylation sites (N-methyl/N-ethyl adjacent to an activating group) is 1. The summed E-state index contributed by atoms with van der Waals surface area (Å²) in [7, 11) is 4.13. The van der Waals surface area contributed by atoms with E-state index in [4.69, 9.17) is 0 Å². The van der Waals surface area contributed by atoms with Gasteiger partial charge in [0, 0.05) is 12.1 Å². The number of benzene rings is 1. The Labute approximate surface area is 128 Å². The third-order valence-corrected chi connectivity index (χ3v) is 4.40. The van der Waals surface area contributed by atoms with Crippen molar-refractivity contribution in [3.63, 3.8) is 0 Å². The Balaban J connectivity index is 1.92. The molecule has 6 heteroatoms. The predicted molar refractivity (Wildman–Crippen MR) is 85.7 cm³/mol. The highest BCUT2D eigenvalue weighted by molar-refractivity contribution is 5.79. The lowest BCUT2D eigenvalue weighted by atomic mass is 9.89. The normalized spacial score (nSPS) is 22.2. The molecule has 5 nitrogen and oxygen atoms in total. The standard InChI is InChI=1S/C16H21FN4O/c1-21(2)13-9-4-3-7-11(13)18-16-19-12-8-5-6-10(17)14(12)15(22)20-16/h5-6,8,11,13H,3-4,7,9H2,1-2H3,(H2,18,19,20,22)/t11?,13-/m1/s1. The quantitative estimate of drug-likeness (QED) is 0.914. The molecule has 1 saturated carbocycles. The van der Waals surface area contributed by atoms with Crippen molar-refractivity contribution in [3.8, 4) is 0 Å². The van der Waals surface area contributed by atoms with Crippen LogP contribution in [-0.4, -0.2) is 41.0 Å². The Bertz CT molecular complexity index is 728. The van der Waals surface area contributed by atoms with Crippen molar-refractivity contribution < 1.29 is 4.39 Å². The Morgan fingerprint density at radius 1 is 1.32 bits per heavy atom. The Hall–Kier alpha value is -1.95. The van der Waals surface area contributed by atoms with Gasteiger partial charge in [-0.2, -0.15) is 0 Å². The van der Waals surface area contributed by atoms with Gasteiger partial charge in [-0.05, 0) is 39.1 Å². The van der Waals surface area contributed by atoms with Crippen LogP contribution in [0.1, 0.15) is 25.7 Å². The average molecular weight is 304 g/mol. The summed E-state index contributed by atoms with van der Waals surface area (Å²) in [5, 5.41) is 3.35. The van der Waals surface area contributed by atoms with Crippen LogP contribution < -0.4 is 10.9 Å². The van der Waals surface area contributed by atoms with Gasteiger partial charge in [0.2, 0.25) is 5.95 Å². The average Bonchev–Trinajstić information content (AvgIpc) is 2.47. The molecule has 2 N–H and O–H groups in total. The number of anilines is 1. The van der Waals surface area contributed by atoms with E-state index in [1.807, 2.05) is 0 Å². The van der Waals surface area contributed by atoms with Crippen molar-refractivity contribution in [3.05, 3.63) is 34.4 Å². The van der Waals surface area contributed by atoms with Gasteiger partial charge in [-0.15, -0.1) is 0 Å². The van der Waals surface area contributed by atoms with Crippen LogP contribution in [-0.2, 0) is 0 Å². The van der Waals surface area contributed by atoms with Crippen LogP contribution in [0.3, 0.4) is 0 Å². The topological polar surface area (TPSA) is 61.0 Å². The molecule has 1 unspecified atom stereocenters. The summed E-state index contributed by atoms with van der Waals surface area (Å²) in [5.41, 5.74) is -0.0636. The van der Waals surface area contributed by atoms with Crippen LogP contribution in [0.5, 0.6) is 0 Å². The number of hydrogen-bond acceptors (Lipinski definition) is 4. The summed E-state index contributed by atoms with van der Waals surface area (Å²) in [4.78, 5) is 21.3. The van der Waals surface area contributed by atoms with Crippen LogP contribution in [0.2, 0.25) is 0 Å². The fraction of sp³-hybridized carbons (Fsp3) is 0.500. The lowest BCUT2D eigenvalue weighted by Gasteiger charge is -2.36. The lowest BCUT2D eigenvalue weighted by Crippen LogP contribution is -2.45. The van der Waals surface area contributed by atoms with E-state index >= 15 is 0 Å². The Morgan fingerprint density at radius 2 is 2.09 bits per heavy atom. The van der Waals surface area contributed by atoms with Gasteiger partial charge in [0.05, 0.1) is 5.52 Å². The van der Waals surface area contributed by atoms with Gasteiger partial charge in [0.15, 0.2) is 0 Å². The van der Waals surface area contributed by atoms with Gasteiger partial charge in [0.25, 0.3) is 5.56 Å². The summed E-state index contributed by atoms with van der Waals surface area (Å²) in [6.07, 6.45) is 4.53. The second kappa shape index (κ2) is 6.04. The first kappa shape index (κ1) is 15.0. The van der Waals surface area contributed by atoms with Crippen LogP contribution in [0.4, 0.5) is 10.3 Å². The molecule has 1 fully saturated rings. The van der Waals surface area contributed by atoms with Gasteiger partial charge in [-0.3, -0.25) is 9.78 Å². The largest absolute Gasteiger partial charge is 0.351 e. The van der Waals surface area contributed by atoms with Crippen LogP contribution in [0.25, 0.3) is 10.9 Å². The zero-order chi connectivity index (χ0) is 15.7. The Morgan fingerprint density at radius 3 is 2.86 bits per heavy atom. The van der Waals surface area contributed by atoms with E-state index in [2.05, 4.69) is 34.3 Å². The highest BCUT2D eigenvalue weighted by Gasteiger charge is 2.27. The molecule has 1 aliphatic rings. The first-order chi connectivity index (χ1) is 10.6. The lowest BCUT2D eigenvalue weighted by molar-refractivity contribution is 0.211. The molecule has 1 aromatic heterocycles. The number of hydrogen-bond donors (Lipinski definition) is 2. The minimum atomic E-state index is -0.540. The van der Waals surface area contributed by atoms with Crippen molar-refractivity contribution in [1.82, 2.24) is 14.9 Å². The van der Waals surface area contributed by atoms with Crippen molar-refractivity contribution in [2.75, 3.05) is 19.4 Å². The van der Waals surface area contributed by atoms with Crippen LogP contribution in [0.15, 0.2) is 23.0 Å². The first-order valence-electron chi connectivity index (χ1n) is 7.68. The molecule has 1 aliphatic carbocycles. The summed E-state index contributed by atoms with van der Waals surface area (Å²) in [6.45, 7) is 0. The molecule has 0 amide bonds. The maximum Gasteiger partial charge on any atom is 0.263 e. The highest BCUT2D eigenvalue weighted by atomic mass is 19.1. The molecule has 1 heterocycles. The minimum Gasteiger partial charge on any atom is -0.351 e. The molecular weight excluding hydrogens is 283 g/mol. The number of H-pyrrole nitrogens is 1. The summed E-state index contributed by atoms with van der Waals surface area (Å²) < 4.78 is 13.7. The minimum absolute atomic E-state index is 0.0147. The molecular formula is C16H21FN4O. The van der Waals surface area contributed by atoms with Gasteiger partial charge in [-0.25, -0.2) is 9.37 Å². The number of nitrogens with one attached hydrogen (secondary N) is 2. The summed E-state index contributed by atoms with van der Waals surface area (Å²) >= 11 is 0. The van der Waals surface area contributed by atoms with Crippen LogP contribution >= 0.6 is 0 Å². The second-order valence-electron chi connectivity index (χ2n) is 6.11. The van der Waals surface area contributed by atoms with E-state index < -0.39 is 11.4 Å². The third-order valence-electron chi connectivity index (χ3n) is 4.40. The van der Waals surface area contributed by atoms with E-state index in [0.29, 0.717) is 17.5 Å². The van der Waals surface area contributed by atoms with E-state index in [-0.39, 0.29) is 11.4 Å². The molecule has 0 bridgehead atoms. The summed E-state index contributed by atoms with van der Waals surface area (Å²) in [5.74, 6) is -0.122. The molecule has 0 radical (unpaired) electrons. The van der Waals surface area contributed by atoms with Gasteiger partial charge >= 0.3 is 0 Å². The number of aromatic nitrogens is 2. The molecule has 2 atom stereocenters. The highest BCUT2D eigenvalue weighted by Crippen LogP contribution is 2.24. The van der Waals surface area contributed by atoms with E-state index in [9.17, 15) is 9.18 Å². The van der Waals surface area contributed by atoms with Crippen molar-refractivity contribution in [2.24, 2.45) is 0 Å². The molecule has 118 valence electrons. The zero-order valence-corrected chi connectivity index (χ0v) is 12.9. The van der Waals surface area contributed by atoms with Gasteiger partial charge < -0.3 is 10.2 Å². The number of halogens is 1. The van der Waals surface area contributed by atoms with Crippen molar-refractivity contribution in [2.45, 2.75) is 37.8 Å². The predicted octanol–water partition coefficient (Wildman–Crippen LogP) is 2.35. The maximum absolute atomic E-state index is 13.7. The van der Waals surface area contributed by atoms with Gasteiger partial charge in [0.1, 0.15) is 11.2 Å². The monoisotopic (exact) mass is 304 g/mol. The van der Waals surface area contributed by atoms with Crippen molar-refractivity contribution >= 4 is 16.9 Å². The van der Waals surface area contributed by atoms with E-state index in [1.165, 1.54) is 12.5 Å². The second-order valence-corrected chi connectivity index (χ2v) is 6.11. The van der Waals surface area contributed by atoms with E-state index in [0.717, 1.165) is 19.3 Å². The molecule has 22 heavy (non-hydrogen) atoms. The number of rotatable bonds is 3. The smallest absolute Gasteiger partial charge is 0.263 e. The van der Waals surface area contributed by atoms with Crippen LogP contribution in [0, 0.1) is 5.82 Å². The number of fused-ring (bicyclic) bond motifs is 1. The zero-order valence-electron chi connectivity index (χ0n) is 12.9. The summed E-state index contributed by atoms with van der Waals surface area (Å²) in [6, 6.07) is 5.13. The molecule has 0 saturated heterocycles. The van der Waals surface area contributed by atoms with Crippen molar-refractivity contribution in [1.29, 1.82) is 0 Å². The SMILES string of the molecule is CN(C)[C@@H]1CCCCC1Nc1nc2cccc(F)c2c(=O)[nH]1. The number of aromatic amines is 1. The number of nitrogens with zero attached hydrogens (tertiary/aromatic N) is 2.